The van der Waals surface area contributed by atoms with Gasteiger partial charge in [-0.25, -0.2) is 4.98 Å². The minimum absolute atomic E-state index is 0.0355. The van der Waals surface area contributed by atoms with Gasteiger partial charge in [0.2, 0.25) is 5.91 Å². The van der Waals surface area contributed by atoms with Gasteiger partial charge in [-0.2, -0.15) is 0 Å². The van der Waals surface area contributed by atoms with Gasteiger partial charge in [-0.1, -0.05) is 42.1 Å². The number of nitrogens with zero attached hydrogens (tertiary/aromatic N) is 3. The number of aromatic nitrogens is 2. The predicted molar refractivity (Wildman–Crippen MR) is 125 cm³/mol. The highest BCUT2D eigenvalue weighted by molar-refractivity contribution is 8.00. The van der Waals surface area contributed by atoms with E-state index >= 15 is 0 Å². The fourth-order valence-corrected chi connectivity index (χ4v) is 5.09. The SMILES string of the molecule is COCCCn1c(SC(C)C(=O)N2c3ccccc3CC2C)nc2ccccc2c1=O. The lowest BCUT2D eigenvalue weighted by Crippen LogP contribution is -2.40. The second kappa shape index (κ2) is 9.24. The molecule has 6 nitrogen and oxygen atoms in total. The van der Waals surface area contributed by atoms with Gasteiger partial charge < -0.3 is 9.64 Å². The minimum Gasteiger partial charge on any atom is -0.385 e. The monoisotopic (exact) mass is 437 g/mol. The van der Waals surface area contributed by atoms with E-state index < -0.39 is 0 Å². The van der Waals surface area contributed by atoms with Crippen LogP contribution in [0.2, 0.25) is 0 Å². The number of methoxy groups -OCH3 is 1. The molecule has 2 atom stereocenters. The molecule has 0 aliphatic carbocycles. The zero-order chi connectivity index (χ0) is 22.0. The number of carbonyl (C=O) groups excluding carboxylic acids is 1. The molecule has 162 valence electrons. The minimum atomic E-state index is -0.379. The Bertz CT molecular complexity index is 1160. The van der Waals surface area contributed by atoms with E-state index in [-0.39, 0.29) is 22.8 Å². The second-order valence-electron chi connectivity index (χ2n) is 7.86. The number of fused-ring (bicyclic) bond motifs is 2. The van der Waals surface area contributed by atoms with Crippen LogP contribution in [0.4, 0.5) is 5.69 Å². The van der Waals surface area contributed by atoms with Crippen LogP contribution in [-0.2, 0) is 22.5 Å². The maximum Gasteiger partial charge on any atom is 0.262 e. The molecule has 31 heavy (non-hydrogen) atoms. The molecule has 7 heteroatoms. The average Bonchev–Trinajstić information content (AvgIpc) is 3.11. The van der Waals surface area contributed by atoms with Crippen molar-refractivity contribution in [3.8, 4) is 0 Å². The molecule has 0 spiro atoms. The van der Waals surface area contributed by atoms with Crippen LogP contribution < -0.4 is 10.5 Å². The molecule has 0 N–H and O–H groups in total. The molecule has 0 bridgehead atoms. The molecular formula is C24H27N3O3S. The largest absolute Gasteiger partial charge is 0.385 e. The van der Waals surface area contributed by atoms with Gasteiger partial charge in [-0.15, -0.1) is 0 Å². The number of hydrogen-bond acceptors (Lipinski definition) is 5. The molecule has 0 saturated heterocycles. The number of rotatable bonds is 7. The number of ether oxygens (including phenoxy) is 1. The average molecular weight is 438 g/mol. The molecule has 2 unspecified atom stereocenters. The highest BCUT2D eigenvalue weighted by Gasteiger charge is 2.34. The van der Waals surface area contributed by atoms with Gasteiger partial charge in [0.25, 0.3) is 5.56 Å². The zero-order valence-electron chi connectivity index (χ0n) is 18.1. The predicted octanol–water partition coefficient (Wildman–Crippen LogP) is 3.89. The van der Waals surface area contributed by atoms with E-state index in [1.807, 2.05) is 48.2 Å². The number of benzene rings is 2. The van der Waals surface area contributed by atoms with Crippen LogP contribution in [0.1, 0.15) is 25.8 Å². The zero-order valence-corrected chi connectivity index (χ0v) is 18.9. The Labute approximate surface area is 186 Å². The quantitative estimate of drug-likeness (QED) is 0.319. The maximum absolute atomic E-state index is 13.4. The lowest BCUT2D eigenvalue weighted by atomic mass is 10.1. The highest BCUT2D eigenvalue weighted by Crippen LogP contribution is 2.34. The van der Waals surface area contributed by atoms with E-state index in [2.05, 4.69) is 13.0 Å². The summed E-state index contributed by atoms with van der Waals surface area (Å²) in [5.41, 5.74) is 2.75. The number of thioether (sulfide) groups is 1. The van der Waals surface area contributed by atoms with Gasteiger partial charge >= 0.3 is 0 Å². The third kappa shape index (κ3) is 4.25. The van der Waals surface area contributed by atoms with E-state index in [9.17, 15) is 9.59 Å². The molecule has 2 aromatic carbocycles. The second-order valence-corrected chi connectivity index (χ2v) is 9.17. The first-order valence-electron chi connectivity index (χ1n) is 10.6. The molecule has 2 heterocycles. The summed E-state index contributed by atoms with van der Waals surface area (Å²) in [5, 5.41) is 0.779. The molecule has 0 fully saturated rings. The number of para-hydroxylation sites is 2. The van der Waals surface area contributed by atoms with Crippen molar-refractivity contribution in [2.24, 2.45) is 0 Å². The number of anilines is 1. The standard InChI is InChI=1S/C24H27N3O3S/c1-16-15-18-9-4-7-12-21(18)27(16)22(28)17(2)31-24-25-20-11-6-5-10-19(20)23(29)26(24)13-8-14-30-3/h4-7,9-12,16-17H,8,13-15H2,1-3H3. The van der Waals surface area contributed by atoms with Gasteiger partial charge in [-0.3, -0.25) is 14.2 Å². The third-order valence-corrected chi connectivity index (χ3v) is 6.71. The Morgan fingerprint density at radius 2 is 1.97 bits per heavy atom. The van der Waals surface area contributed by atoms with Gasteiger partial charge in [0.1, 0.15) is 0 Å². The van der Waals surface area contributed by atoms with Crippen LogP contribution in [-0.4, -0.2) is 40.5 Å². The molecule has 0 radical (unpaired) electrons. The normalized spacial score (nSPS) is 16.5. The van der Waals surface area contributed by atoms with Crippen molar-refractivity contribution in [2.45, 2.75) is 49.7 Å². The van der Waals surface area contributed by atoms with Gasteiger partial charge in [0, 0.05) is 32.0 Å². The molecule has 1 aromatic heterocycles. The van der Waals surface area contributed by atoms with Crippen molar-refractivity contribution in [1.82, 2.24) is 9.55 Å². The topological polar surface area (TPSA) is 64.4 Å². The van der Waals surface area contributed by atoms with E-state index in [0.29, 0.717) is 35.6 Å². The van der Waals surface area contributed by atoms with E-state index in [1.165, 1.54) is 17.3 Å². The van der Waals surface area contributed by atoms with Crippen LogP contribution in [0.3, 0.4) is 0 Å². The van der Waals surface area contributed by atoms with Crippen molar-refractivity contribution in [1.29, 1.82) is 0 Å². The summed E-state index contributed by atoms with van der Waals surface area (Å²) in [6.07, 6.45) is 1.55. The first kappa shape index (κ1) is 21.6. The molecule has 1 aliphatic heterocycles. The lowest BCUT2D eigenvalue weighted by molar-refractivity contribution is -0.118. The van der Waals surface area contributed by atoms with Crippen LogP contribution in [0, 0.1) is 0 Å². The van der Waals surface area contributed by atoms with Gasteiger partial charge in [-0.05, 0) is 50.5 Å². The molecule has 0 saturated carbocycles. The Kier molecular flexibility index (Phi) is 6.43. The van der Waals surface area contributed by atoms with Crippen LogP contribution >= 0.6 is 11.8 Å². The van der Waals surface area contributed by atoms with Crippen LogP contribution in [0.25, 0.3) is 10.9 Å². The van der Waals surface area contributed by atoms with Gasteiger partial charge in [0.15, 0.2) is 5.16 Å². The molecule has 1 aliphatic rings. The fourth-order valence-electron chi connectivity index (χ4n) is 4.11. The summed E-state index contributed by atoms with van der Waals surface area (Å²) in [5.74, 6) is 0.0355. The molecule has 3 aromatic rings. The van der Waals surface area contributed by atoms with E-state index in [1.54, 1.807) is 17.7 Å². The number of amides is 1. The van der Waals surface area contributed by atoms with Crippen molar-refractivity contribution in [3.05, 3.63) is 64.4 Å². The summed E-state index contributed by atoms with van der Waals surface area (Å²) in [4.78, 5) is 33.2. The van der Waals surface area contributed by atoms with Crippen molar-refractivity contribution >= 4 is 34.3 Å². The van der Waals surface area contributed by atoms with Gasteiger partial charge in [0.05, 0.1) is 16.2 Å². The Morgan fingerprint density at radius 3 is 2.77 bits per heavy atom. The summed E-state index contributed by atoms with van der Waals surface area (Å²) >= 11 is 1.35. The Balaban J connectivity index is 1.65. The molecule has 1 amide bonds. The Morgan fingerprint density at radius 1 is 1.23 bits per heavy atom. The van der Waals surface area contributed by atoms with Crippen LogP contribution in [0.15, 0.2) is 58.5 Å². The summed E-state index contributed by atoms with van der Waals surface area (Å²) in [7, 11) is 1.65. The summed E-state index contributed by atoms with van der Waals surface area (Å²) in [6, 6.07) is 15.5. The first-order chi connectivity index (χ1) is 15.0. The van der Waals surface area contributed by atoms with E-state index in [0.717, 1.165) is 12.1 Å². The highest BCUT2D eigenvalue weighted by atomic mass is 32.2. The fraction of sp³-hybridized carbons (Fsp3) is 0.375. The Hall–Kier alpha value is -2.64. The molecular weight excluding hydrogens is 410 g/mol. The molecule has 4 rings (SSSR count). The van der Waals surface area contributed by atoms with E-state index in [4.69, 9.17) is 9.72 Å². The number of hydrogen-bond donors (Lipinski definition) is 0. The summed E-state index contributed by atoms with van der Waals surface area (Å²) < 4.78 is 6.84. The van der Waals surface area contributed by atoms with Crippen molar-refractivity contribution < 1.29 is 9.53 Å². The number of carbonyl (C=O) groups is 1. The smallest absolute Gasteiger partial charge is 0.262 e. The summed E-state index contributed by atoms with van der Waals surface area (Å²) in [6.45, 7) is 5.02. The van der Waals surface area contributed by atoms with Crippen molar-refractivity contribution in [2.75, 3.05) is 18.6 Å². The lowest BCUT2D eigenvalue weighted by Gasteiger charge is -2.26. The van der Waals surface area contributed by atoms with Crippen LogP contribution in [0.5, 0.6) is 0 Å². The maximum atomic E-state index is 13.4. The van der Waals surface area contributed by atoms with Crippen molar-refractivity contribution in [3.63, 3.8) is 0 Å². The third-order valence-electron chi connectivity index (χ3n) is 5.63. The first-order valence-corrected chi connectivity index (χ1v) is 11.5.